The monoisotopic (exact) mass is 932 g/mol. The second-order valence-corrected chi connectivity index (χ2v) is 18.6. The molecule has 0 amide bonds. The van der Waals surface area contributed by atoms with E-state index in [1.807, 2.05) is 36.5 Å². The maximum absolute atomic E-state index is 6.34. The van der Waals surface area contributed by atoms with Gasteiger partial charge in [-0.05, 0) is 99.8 Å². The number of pyridine rings is 1. The van der Waals surface area contributed by atoms with Crippen molar-refractivity contribution in [3.63, 3.8) is 0 Å². The fraction of sp³-hybridized carbons (Fsp3) is 0. The number of hydrogen-bond acceptors (Lipinski definition) is 5. The summed E-state index contributed by atoms with van der Waals surface area (Å²) in [5.41, 5.74) is 15.2. The maximum atomic E-state index is 6.34. The third kappa shape index (κ3) is 6.60. The number of aromatic nitrogens is 6. The second-order valence-electron chi connectivity index (χ2n) is 18.6. The van der Waals surface area contributed by atoms with E-state index in [9.17, 15) is 0 Å². The first kappa shape index (κ1) is 40.9. The van der Waals surface area contributed by atoms with Crippen molar-refractivity contribution in [2.45, 2.75) is 0 Å². The fourth-order valence-electron chi connectivity index (χ4n) is 11.1. The SMILES string of the molecule is c1ccc(-c2ccc(-c3nc(-c4cccc(-c5cccc(-n6c7ccccc7c7cc(-n8c9ccccc9c9ccccc98)ccc76)c5)c4)nc(-c4cc5oc6ccccc6c5cn4)n3)c3ccccc23)cc1. The van der Waals surface area contributed by atoms with Gasteiger partial charge in [-0.2, -0.15) is 0 Å². The van der Waals surface area contributed by atoms with Crippen LogP contribution in [0.25, 0.3) is 144 Å². The fourth-order valence-corrected chi connectivity index (χ4v) is 11.1. The highest BCUT2D eigenvalue weighted by Crippen LogP contribution is 2.40. The van der Waals surface area contributed by atoms with Crippen molar-refractivity contribution in [2.24, 2.45) is 0 Å². The lowest BCUT2D eigenvalue weighted by Crippen LogP contribution is -2.02. The molecule has 0 aliphatic heterocycles. The van der Waals surface area contributed by atoms with E-state index < -0.39 is 0 Å². The van der Waals surface area contributed by atoms with Crippen LogP contribution in [0, 0.1) is 0 Å². The number of furan rings is 1. The Morgan fingerprint density at radius 2 is 0.808 bits per heavy atom. The Labute approximate surface area is 418 Å². The molecule has 0 radical (unpaired) electrons. The lowest BCUT2D eigenvalue weighted by molar-refractivity contribution is 0.668. The van der Waals surface area contributed by atoms with E-state index in [2.05, 4.69) is 215 Å². The first-order valence-corrected chi connectivity index (χ1v) is 24.5. The van der Waals surface area contributed by atoms with Crippen LogP contribution in [0.5, 0.6) is 0 Å². The standard InChI is InChI=1S/C66H40N6O/c1-2-16-41(17-3-1)47-33-34-54(49-23-5-4-22-48(47)49)65-68-64(69-66(70-65)57-39-63-56(40-67-57)53-27-9-13-31-62(53)73-63)44-20-14-18-42(36-44)43-19-15-21-45(37-43)71-60-30-12-8-26-52(60)55-38-46(32-35-61(55)71)72-58-28-10-6-24-50(58)51-25-7-11-29-59(51)72/h1-40H. The van der Waals surface area contributed by atoms with Gasteiger partial charge in [-0.15, -0.1) is 0 Å². The summed E-state index contributed by atoms with van der Waals surface area (Å²) in [5, 5.41) is 9.01. The zero-order chi connectivity index (χ0) is 48.0. The summed E-state index contributed by atoms with van der Waals surface area (Å²) in [6.07, 6.45) is 1.86. The van der Waals surface area contributed by atoms with Gasteiger partial charge < -0.3 is 13.6 Å². The molecule has 340 valence electrons. The maximum Gasteiger partial charge on any atom is 0.182 e. The molecule has 0 unspecified atom stereocenters. The molecule has 7 nitrogen and oxygen atoms in total. The Morgan fingerprint density at radius 3 is 1.55 bits per heavy atom. The Balaban J connectivity index is 0.862. The molecule has 0 fully saturated rings. The summed E-state index contributed by atoms with van der Waals surface area (Å²) >= 11 is 0. The molecule has 0 spiro atoms. The van der Waals surface area contributed by atoms with Gasteiger partial charge in [0.05, 0.1) is 22.1 Å². The van der Waals surface area contributed by atoms with Crippen LogP contribution in [-0.4, -0.2) is 29.1 Å². The minimum Gasteiger partial charge on any atom is -0.456 e. The van der Waals surface area contributed by atoms with E-state index in [4.69, 9.17) is 24.4 Å². The second kappa shape index (κ2) is 16.3. The molecule has 0 bridgehead atoms. The van der Waals surface area contributed by atoms with Crippen molar-refractivity contribution in [1.29, 1.82) is 0 Å². The van der Waals surface area contributed by atoms with Crippen molar-refractivity contribution >= 4 is 76.3 Å². The highest BCUT2D eigenvalue weighted by Gasteiger charge is 2.20. The average molecular weight is 933 g/mol. The van der Waals surface area contributed by atoms with Crippen molar-refractivity contribution in [3.8, 4) is 67.9 Å². The van der Waals surface area contributed by atoms with Crippen LogP contribution in [0.4, 0.5) is 0 Å². The molecule has 0 saturated heterocycles. The van der Waals surface area contributed by atoms with E-state index in [0.29, 0.717) is 23.2 Å². The molecule has 0 atom stereocenters. The van der Waals surface area contributed by atoms with Crippen LogP contribution in [0.1, 0.15) is 0 Å². The van der Waals surface area contributed by atoms with Crippen LogP contribution < -0.4 is 0 Å². The topological polar surface area (TPSA) is 74.6 Å². The highest BCUT2D eigenvalue weighted by molar-refractivity contribution is 6.12. The van der Waals surface area contributed by atoms with Gasteiger partial charge in [0.15, 0.2) is 17.5 Å². The normalized spacial score (nSPS) is 11.8. The first-order chi connectivity index (χ1) is 36.2. The third-order valence-corrected chi connectivity index (χ3v) is 14.4. The highest BCUT2D eigenvalue weighted by atomic mass is 16.3. The predicted molar refractivity (Wildman–Crippen MR) is 298 cm³/mol. The lowest BCUT2D eigenvalue weighted by atomic mass is 9.94. The molecule has 15 aromatic rings. The first-order valence-electron chi connectivity index (χ1n) is 24.5. The summed E-state index contributed by atoms with van der Waals surface area (Å²) in [5.74, 6) is 1.56. The molecule has 7 heteroatoms. The van der Waals surface area contributed by atoms with Crippen molar-refractivity contribution in [1.82, 2.24) is 29.1 Å². The van der Waals surface area contributed by atoms with E-state index in [-0.39, 0.29) is 0 Å². The number of rotatable bonds is 7. The summed E-state index contributed by atoms with van der Waals surface area (Å²) in [6.45, 7) is 0. The minimum atomic E-state index is 0.457. The summed E-state index contributed by atoms with van der Waals surface area (Å²) < 4.78 is 11.1. The van der Waals surface area contributed by atoms with Crippen LogP contribution in [-0.2, 0) is 0 Å². The van der Waals surface area contributed by atoms with Crippen molar-refractivity contribution in [3.05, 3.63) is 243 Å². The van der Waals surface area contributed by atoms with Crippen LogP contribution in [0.15, 0.2) is 247 Å². The minimum absolute atomic E-state index is 0.457. The lowest BCUT2D eigenvalue weighted by Gasteiger charge is -2.13. The summed E-state index contributed by atoms with van der Waals surface area (Å²) in [4.78, 5) is 20.6. The van der Waals surface area contributed by atoms with Crippen LogP contribution in [0.2, 0.25) is 0 Å². The van der Waals surface area contributed by atoms with Gasteiger partial charge in [0.25, 0.3) is 0 Å². The smallest absolute Gasteiger partial charge is 0.182 e. The average Bonchev–Trinajstić information content (AvgIpc) is 4.13. The van der Waals surface area contributed by atoms with E-state index in [0.717, 1.165) is 88.5 Å². The number of para-hydroxylation sites is 4. The van der Waals surface area contributed by atoms with Gasteiger partial charge in [-0.25, -0.2) is 15.0 Å². The Bertz CT molecular complexity index is 4640. The molecule has 15 rings (SSSR count). The Morgan fingerprint density at radius 1 is 0.288 bits per heavy atom. The van der Waals surface area contributed by atoms with Gasteiger partial charge in [-0.3, -0.25) is 4.98 Å². The van der Waals surface area contributed by atoms with Crippen molar-refractivity contribution < 1.29 is 4.42 Å². The number of hydrogen-bond donors (Lipinski definition) is 0. The van der Waals surface area contributed by atoms with E-state index >= 15 is 0 Å². The number of nitrogens with zero attached hydrogens (tertiary/aromatic N) is 6. The van der Waals surface area contributed by atoms with Gasteiger partial charge in [-0.1, -0.05) is 164 Å². The molecule has 0 N–H and O–H groups in total. The van der Waals surface area contributed by atoms with Gasteiger partial charge in [0.1, 0.15) is 16.9 Å². The van der Waals surface area contributed by atoms with Crippen LogP contribution >= 0.6 is 0 Å². The quantitative estimate of drug-likeness (QED) is 0.159. The number of benzene rings is 10. The molecule has 0 saturated carbocycles. The zero-order valence-electron chi connectivity index (χ0n) is 39.2. The molecule has 0 aliphatic carbocycles. The van der Waals surface area contributed by atoms with Crippen LogP contribution in [0.3, 0.4) is 0 Å². The summed E-state index contributed by atoms with van der Waals surface area (Å²) in [6, 6.07) is 83.5. The van der Waals surface area contributed by atoms with Gasteiger partial charge in [0, 0.05) is 67.1 Å². The molecule has 0 aliphatic rings. The van der Waals surface area contributed by atoms with E-state index in [1.54, 1.807) is 0 Å². The third-order valence-electron chi connectivity index (χ3n) is 14.4. The summed E-state index contributed by atoms with van der Waals surface area (Å²) in [7, 11) is 0. The zero-order valence-corrected chi connectivity index (χ0v) is 39.2. The Hall–Kier alpha value is -9.98. The van der Waals surface area contributed by atoms with Gasteiger partial charge >= 0.3 is 0 Å². The van der Waals surface area contributed by atoms with Gasteiger partial charge in [0.2, 0.25) is 0 Å². The molecule has 73 heavy (non-hydrogen) atoms. The largest absolute Gasteiger partial charge is 0.456 e. The predicted octanol–water partition coefficient (Wildman–Crippen LogP) is 16.8. The molecule has 10 aromatic carbocycles. The molecule has 5 heterocycles. The number of fused-ring (bicyclic) bond motifs is 10. The van der Waals surface area contributed by atoms with Crippen molar-refractivity contribution in [2.75, 3.05) is 0 Å². The van der Waals surface area contributed by atoms with E-state index in [1.165, 1.54) is 32.6 Å². The Kier molecular flexibility index (Phi) is 9.13. The molecular formula is C66H40N6O. The molecular weight excluding hydrogens is 893 g/mol. The molecule has 5 aromatic heterocycles.